The molecule has 0 bridgehead atoms. The van der Waals surface area contributed by atoms with Gasteiger partial charge >= 0.3 is 0 Å². The van der Waals surface area contributed by atoms with Crippen LogP contribution in [0.3, 0.4) is 0 Å². The highest BCUT2D eigenvalue weighted by Crippen LogP contribution is 2.30. The molecule has 1 N–H and O–H groups in total. The molecule has 0 spiro atoms. The summed E-state index contributed by atoms with van der Waals surface area (Å²) in [6, 6.07) is 21.6. The number of aromatic amines is 1. The molecule has 0 amide bonds. The van der Waals surface area contributed by atoms with E-state index in [0.29, 0.717) is 5.92 Å². The fraction of sp³-hybridized carbons (Fsp3) is 0.200. The smallest absolute Gasteiger partial charge is 0.0283 e. The van der Waals surface area contributed by atoms with Crippen LogP contribution in [0.5, 0.6) is 0 Å². The Balaban J connectivity index is 2.02. The van der Waals surface area contributed by atoms with Crippen molar-refractivity contribution in [3.63, 3.8) is 0 Å². The van der Waals surface area contributed by atoms with Crippen molar-refractivity contribution in [2.24, 2.45) is 0 Å². The van der Waals surface area contributed by atoms with Crippen LogP contribution in [0, 0.1) is 13.8 Å². The maximum atomic E-state index is 3.40. The Morgan fingerprint density at radius 2 is 1.52 bits per heavy atom. The summed E-state index contributed by atoms with van der Waals surface area (Å²) in [5.41, 5.74) is 6.82. The summed E-state index contributed by atoms with van der Waals surface area (Å²) in [6.45, 7) is 4.39. The quantitative estimate of drug-likeness (QED) is 0.689. The van der Waals surface area contributed by atoms with Crippen molar-refractivity contribution < 1.29 is 0 Å². The molecular weight excluding hydrogens is 254 g/mol. The number of aromatic nitrogens is 1. The largest absolute Gasteiger partial charge is 0.364 e. The van der Waals surface area contributed by atoms with E-state index < -0.39 is 0 Å². The highest BCUT2D eigenvalue weighted by Gasteiger charge is 2.18. The van der Waals surface area contributed by atoms with E-state index in [-0.39, 0.29) is 0 Å². The molecule has 21 heavy (non-hydrogen) atoms. The zero-order chi connectivity index (χ0) is 14.7. The predicted molar refractivity (Wildman–Crippen MR) is 88.7 cm³/mol. The van der Waals surface area contributed by atoms with Gasteiger partial charge in [0.25, 0.3) is 0 Å². The Morgan fingerprint density at radius 1 is 0.810 bits per heavy atom. The van der Waals surface area contributed by atoms with Crippen molar-refractivity contribution in [3.05, 3.63) is 94.8 Å². The molecule has 1 aromatic heterocycles. The van der Waals surface area contributed by atoms with Crippen LogP contribution < -0.4 is 0 Å². The van der Waals surface area contributed by atoms with Crippen molar-refractivity contribution in [2.45, 2.75) is 26.2 Å². The Hall–Kier alpha value is -2.28. The zero-order valence-corrected chi connectivity index (χ0v) is 12.6. The van der Waals surface area contributed by atoms with Crippen molar-refractivity contribution in [3.8, 4) is 0 Å². The van der Waals surface area contributed by atoms with Gasteiger partial charge in [-0.15, -0.1) is 0 Å². The second-order valence-electron chi connectivity index (χ2n) is 5.67. The first-order chi connectivity index (χ1) is 10.3. The summed E-state index contributed by atoms with van der Waals surface area (Å²) in [6.07, 6.45) is 3.04. The molecule has 106 valence electrons. The van der Waals surface area contributed by atoms with Gasteiger partial charge in [0.2, 0.25) is 0 Å². The summed E-state index contributed by atoms with van der Waals surface area (Å²) in [4.78, 5) is 3.40. The number of hydrogen-bond acceptors (Lipinski definition) is 0. The fourth-order valence-electron chi connectivity index (χ4n) is 2.99. The lowest BCUT2D eigenvalue weighted by Gasteiger charge is -2.20. The number of aryl methyl sites for hydroxylation is 2. The Bertz CT molecular complexity index is 710. The van der Waals surface area contributed by atoms with E-state index in [2.05, 4.69) is 79.5 Å². The normalized spacial score (nSPS) is 12.3. The second-order valence-corrected chi connectivity index (χ2v) is 5.67. The third-order valence-electron chi connectivity index (χ3n) is 4.25. The number of H-pyrrole nitrogens is 1. The average molecular weight is 275 g/mol. The third kappa shape index (κ3) is 2.92. The molecule has 0 aliphatic carbocycles. The molecule has 1 heteroatoms. The van der Waals surface area contributed by atoms with E-state index in [1.165, 1.54) is 27.9 Å². The molecule has 2 aromatic carbocycles. The molecule has 0 aliphatic rings. The van der Waals surface area contributed by atoms with Gasteiger partial charge in [-0.3, -0.25) is 0 Å². The van der Waals surface area contributed by atoms with Gasteiger partial charge in [-0.05, 0) is 54.7 Å². The van der Waals surface area contributed by atoms with E-state index >= 15 is 0 Å². The molecule has 0 saturated carbocycles. The minimum Gasteiger partial charge on any atom is -0.364 e. The fourth-order valence-corrected chi connectivity index (χ4v) is 2.99. The molecule has 1 heterocycles. The summed E-state index contributed by atoms with van der Waals surface area (Å²) in [7, 11) is 0. The zero-order valence-electron chi connectivity index (χ0n) is 12.6. The van der Waals surface area contributed by atoms with Crippen molar-refractivity contribution >= 4 is 0 Å². The Morgan fingerprint density at radius 3 is 2.19 bits per heavy atom. The topological polar surface area (TPSA) is 15.8 Å². The summed E-state index contributed by atoms with van der Waals surface area (Å²) < 4.78 is 0. The molecule has 1 nitrogen and oxygen atoms in total. The molecule has 1 atom stereocenters. The van der Waals surface area contributed by atoms with Gasteiger partial charge in [0.1, 0.15) is 0 Å². The summed E-state index contributed by atoms with van der Waals surface area (Å²) >= 11 is 0. The molecule has 0 radical (unpaired) electrons. The van der Waals surface area contributed by atoms with Crippen LogP contribution in [0.2, 0.25) is 0 Å². The van der Waals surface area contributed by atoms with Gasteiger partial charge < -0.3 is 4.98 Å². The molecule has 0 fully saturated rings. The highest BCUT2D eigenvalue weighted by atomic mass is 14.7. The highest BCUT2D eigenvalue weighted by molar-refractivity contribution is 5.38. The lowest BCUT2D eigenvalue weighted by atomic mass is 9.86. The van der Waals surface area contributed by atoms with Gasteiger partial charge in [0.15, 0.2) is 0 Å². The van der Waals surface area contributed by atoms with Crippen molar-refractivity contribution in [1.82, 2.24) is 4.98 Å². The van der Waals surface area contributed by atoms with Crippen LogP contribution in [0.15, 0.2) is 66.9 Å². The second kappa shape index (κ2) is 6.01. The van der Waals surface area contributed by atoms with E-state index in [9.17, 15) is 0 Å². The standard InChI is InChI=1S/C20H21N/c1-15-8-3-5-10-17(15)14-19(20-12-7-13-21-20)18-11-6-4-9-16(18)2/h3-13,19,21H,14H2,1-2H3. The van der Waals surface area contributed by atoms with E-state index in [1.54, 1.807) is 0 Å². The summed E-state index contributed by atoms with van der Waals surface area (Å²) in [5, 5.41) is 0. The molecule has 1 unspecified atom stereocenters. The van der Waals surface area contributed by atoms with Gasteiger partial charge in [-0.1, -0.05) is 48.5 Å². The minimum atomic E-state index is 0.377. The first kappa shape index (κ1) is 13.7. The van der Waals surface area contributed by atoms with Gasteiger partial charge in [-0.25, -0.2) is 0 Å². The van der Waals surface area contributed by atoms with Gasteiger partial charge in [0, 0.05) is 17.8 Å². The van der Waals surface area contributed by atoms with Gasteiger partial charge in [0.05, 0.1) is 0 Å². The molecule has 3 aromatic rings. The Kier molecular flexibility index (Phi) is 3.92. The van der Waals surface area contributed by atoms with E-state index in [1.807, 2.05) is 6.20 Å². The van der Waals surface area contributed by atoms with Crippen molar-refractivity contribution in [2.75, 3.05) is 0 Å². The van der Waals surface area contributed by atoms with Crippen LogP contribution in [-0.2, 0) is 6.42 Å². The maximum absolute atomic E-state index is 3.40. The number of benzene rings is 2. The minimum absolute atomic E-state index is 0.377. The van der Waals surface area contributed by atoms with E-state index in [4.69, 9.17) is 0 Å². The number of nitrogens with one attached hydrogen (secondary N) is 1. The van der Waals surface area contributed by atoms with Gasteiger partial charge in [-0.2, -0.15) is 0 Å². The average Bonchev–Trinajstić information content (AvgIpc) is 3.01. The van der Waals surface area contributed by atoms with Crippen molar-refractivity contribution in [1.29, 1.82) is 0 Å². The lowest BCUT2D eigenvalue weighted by molar-refractivity contribution is 0.771. The van der Waals surface area contributed by atoms with E-state index in [0.717, 1.165) is 6.42 Å². The van der Waals surface area contributed by atoms with Crippen LogP contribution >= 0.6 is 0 Å². The van der Waals surface area contributed by atoms with Crippen LogP contribution in [0.4, 0.5) is 0 Å². The summed E-state index contributed by atoms with van der Waals surface area (Å²) in [5.74, 6) is 0.377. The lowest BCUT2D eigenvalue weighted by Crippen LogP contribution is -2.08. The number of hydrogen-bond donors (Lipinski definition) is 1. The first-order valence-corrected chi connectivity index (χ1v) is 7.49. The van der Waals surface area contributed by atoms with Crippen LogP contribution in [-0.4, -0.2) is 4.98 Å². The SMILES string of the molecule is Cc1ccccc1CC(c1ccc[nH]1)c1ccccc1C. The van der Waals surface area contributed by atoms with Crippen LogP contribution in [0.25, 0.3) is 0 Å². The third-order valence-corrected chi connectivity index (χ3v) is 4.25. The number of rotatable bonds is 4. The van der Waals surface area contributed by atoms with Crippen LogP contribution in [0.1, 0.15) is 33.9 Å². The maximum Gasteiger partial charge on any atom is 0.0283 e. The molecular formula is C20H21N. The molecule has 0 aliphatic heterocycles. The predicted octanol–water partition coefficient (Wildman–Crippen LogP) is 5.01. The molecule has 0 saturated heterocycles. The molecule has 3 rings (SSSR count). The first-order valence-electron chi connectivity index (χ1n) is 7.49. The Labute approximate surface area is 126 Å². The monoisotopic (exact) mass is 275 g/mol.